The Morgan fingerprint density at radius 2 is 2.16 bits per heavy atom. The third kappa shape index (κ3) is 2.60. The van der Waals surface area contributed by atoms with Crippen LogP contribution in [0.15, 0.2) is 47.1 Å². The van der Waals surface area contributed by atoms with Crippen LogP contribution in [0.3, 0.4) is 0 Å². The molecule has 0 unspecified atom stereocenters. The molecule has 0 atom stereocenters. The van der Waals surface area contributed by atoms with E-state index in [1.54, 1.807) is 0 Å². The van der Waals surface area contributed by atoms with Crippen LogP contribution in [0.2, 0.25) is 5.02 Å². The van der Waals surface area contributed by atoms with Crippen LogP contribution >= 0.6 is 27.5 Å². The third-order valence-electron chi connectivity index (χ3n) is 2.95. The molecule has 0 amide bonds. The summed E-state index contributed by atoms with van der Waals surface area (Å²) in [5.74, 6) is 0. The lowest BCUT2D eigenvalue weighted by molar-refractivity contribution is 1.12. The highest BCUT2D eigenvalue weighted by molar-refractivity contribution is 9.10. The molecule has 0 bridgehead atoms. The van der Waals surface area contributed by atoms with Gasteiger partial charge in [-0.2, -0.15) is 5.10 Å². The van der Waals surface area contributed by atoms with E-state index in [9.17, 15) is 0 Å². The summed E-state index contributed by atoms with van der Waals surface area (Å²) in [6, 6.07) is 12.0. The van der Waals surface area contributed by atoms with E-state index in [-0.39, 0.29) is 0 Å². The quantitative estimate of drug-likeness (QED) is 0.734. The van der Waals surface area contributed by atoms with E-state index in [1.807, 2.05) is 42.6 Å². The number of nitrogens with one attached hydrogen (secondary N) is 2. The lowest BCUT2D eigenvalue weighted by atomic mass is 10.2. The van der Waals surface area contributed by atoms with Crippen molar-refractivity contribution in [1.29, 1.82) is 0 Å². The van der Waals surface area contributed by atoms with E-state index in [4.69, 9.17) is 11.6 Å². The van der Waals surface area contributed by atoms with Gasteiger partial charge in [0.2, 0.25) is 0 Å². The number of benzene rings is 2. The van der Waals surface area contributed by atoms with Gasteiger partial charge in [-0.05, 0) is 45.8 Å². The number of nitrogens with zero attached hydrogens (tertiary/aromatic N) is 1. The summed E-state index contributed by atoms with van der Waals surface area (Å²) in [7, 11) is 0. The minimum atomic E-state index is 0.723. The summed E-state index contributed by atoms with van der Waals surface area (Å²) in [6.07, 6.45) is 1.83. The fourth-order valence-corrected chi connectivity index (χ4v) is 2.51. The van der Waals surface area contributed by atoms with E-state index in [1.165, 1.54) is 0 Å². The first-order valence-electron chi connectivity index (χ1n) is 5.84. The van der Waals surface area contributed by atoms with Crippen molar-refractivity contribution in [3.63, 3.8) is 0 Å². The Labute approximate surface area is 124 Å². The van der Waals surface area contributed by atoms with Crippen LogP contribution in [0.25, 0.3) is 10.9 Å². The molecule has 2 aromatic carbocycles. The second-order valence-electron chi connectivity index (χ2n) is 4.24. The van der Waals surface area contributed by atoms with Gasteiger partial charge in [0.1, 0.15) is 0 Å². The van der Waals surface area contributed by atoms with E-state index in [0.717, 1.165) is 38.2 Å². The van der Waals surface area contributed by atoms with Crippen molar-refractivity contribution in [2.75, 3.05) is 5.32 Å². The predicted molar refractivity (Wildman–Crippen MR) is 82.6 cm³/mol. The minimum absolute atomic E-state index is 0.723. The van der Waals surface area contributed by atoms with Gasteiger partial charge in [-0.25, -0.2) is 0 Å². The molecule has 3 nitrogen and oxygen atoms in total. The largest absolute Gasteiger partial charge is 0.380 e. The SMILES string of the molecule is Clc1ccc(CNc2cccc3[nH]ncc23)cc1Br. The molecule has 3 rings (SSSR count). The number of aromatic nitrogens is 2. The zero-order chi connectivity index (χ0) is 13.2. The zero-order valence-electron chi connectivity index (χ0n) is 9.95. The topological polar surface area (TPSA) is 40.7 Å². The summed E-state index contributed by atoms with van der Waals surface area (Å²) in [5, 5.41) is 12.2. The lowest BCUT2D eigenvalue weighted by Crippen LogP contribution is -1.99. The van der Waals surface area contributed by atoms with E-state index >= 15 is 0 Å². The van der Waals surface area contributed by atoms with Gasteiger partial charge in [0, 0.05) is 22.1 Å². The summed E-state index contributed by atoms with van der Waals surface area (Å²) in [4.78, 5) is 0. The van der Waals surface area contributed by atoms with Gasteiger partial charge in [-0.3, -0.25) is 5.10 Å². The van der Waals surface area contributed by atoms with Crippen molar-refractivity contribution in [2.45, 2.75) is 6.54 Å². The number of hydrogen-bond acceptors (Lipinski definition) is 2. The maximum Gasteiger partial charge on any atom is 0.0671 e. The zero-order valence-corrected chi connectivity index (χ0v) is 12.3. The van der Waals surface area contributed by atoms with Crippen LogP contribution in [0.4, 0.5) is 5.69 Å². The first-order chi connectivity index (χ1) is 9.24. The van der Waals surface area contributed by atoms with E-state index < -0.39 is 0 Å². The van der Waals surface area contributed by atoms with Crippen LogP contribution in [0.1, 0.15) is 5.56 Å². The van der Waals surface area contributed by atoms with E-state index in [0.29, 0.717) is 0 Å². The van der Waals surface area contributed by atoms with E-state index in [2.05, 4.69) is 31.4 Å². The Kier molecular flexibility index (Phi) is 3.44. The van der Waals surface area contributed by atoms with Crippen LogP contribution in [0.5, 0.6) is 0 Å². The van der Waals surface area contributed by atoms with Crippen LogP contribution in [-0.4, -0.2) is 10.2 Å². The molecule has 96 valence electrons. The molecule has 19 heavy (non-hydrogen) atoms. The Balaban J connectivity index is 1.82. The van der Waals surface area contributed by atoms with Gasteiger partial charge in [0.15, 0.2) is 0 Å². The molecule has 0 fully saturated rings. The Hall–Kier alpha value is -1.52. The molecule has 0 saturated heterocycles. The third-order valence-corrected chi connectivity index (χ3v) is 4.17. The van der Waals surface area contributed by atoms with Crippen molar-refractivity contribution >= 4 is 44.1 Å². The number of fused-ring (bicyclic) bond motifs is 1. The maximum absolute atomic E-state index is 5.98. The Morgan fingerprint density at radius 3 is 3.00 bits per heavy atom. The smallest absolute Gasteiger partial charge is 0.0671 e. The molecule has 5 heteroatoms. The predicted octanol–water partition coefficient (Wildman–Crippen LogP) is 4.59. The minimum Gasteiger partial charge on any atom is -0.380 e. The van der Waals surface area contributed by atoms with Crippen molar-refractivity contribution in [3.8, 4) is 0 Å². The molecule has 3 aromatic rings. The highest BCUT2D eigenvalue weighted by Gasteiger charge is 2.03. The molecule has 0 aliphatic carbocycles. The maximum atomic E-state index is 5.98. The van der Waals surface area contributed by atoms with Crippen molar-refractivity contribution in [1.82, 2.24) is 10.2 Å². The molecule has 0 aliphatic heterocycles. The highest BCUT2D eigenvalue weighted by Crippen LogP contribution is 2.25. The number of H-pyrrole nitrogens is 1. The van der Waals surface area contributed by atoms with Crippen LogP contribution in [0, 0.1) is 0 Å². The monoisotopic (exact) mass is 335 g/mol. The molecule has 0 spiro atoms. The molecular weight excluding hydrogens is 326 g/mol. The van der Waals surface area contributed by atoms with Gasteiger partial charge in [-0.1, -0.05) is 23.7 Å². The first-order valence-corrected chi connectivity index (χ1v) is 7.01. The highest BCUT2D eigenvalue weighted by atomic mass is 79.9. The first kappa shape index (κ1) is 12.5. The fraction of sp³-hybridized carbons (Fsp3) is 0.0714. The van der Waals surface area contributed by atoms with Crippen molar-refractivity contribution in [2.24, 2.45) is 0 Å². The number of anilines is 1. The number of aromatic amines is 1. The lowest BCUT2D eigenvalue weighted by Gasteiger charge is -2.08. The van der Waals surface area contributed by atoms with Crippen LogP contribution in [-0.2, 0) is 6.54 Å². The number of hydrogen-bond donors (Lipinski definition) is 2. The second-order valence-corrected chi connectivity index (χ2v) is 5.50. The molecule has 0 saturated carbocycles. The number of halogens is 2. The van der Waals surface area contributed by atoms with Crippen molar-refractivity contribution in [3.05, 3.63) is 57.7 Å². The average molecular weight is 337 g/mol. The molecule has 1 heterocycles. The number of rotatable bonds is 3. The second kappa shape index (κ2) is 5.23. The molecule has 0 radical (unpaired) electrons. The standard InChI is InChI=1S/C14H11BrClN3/c15-11-6-9(4-5-12(11)16)7-17-13-2-1-3-14-10(13)8-18-19-14/h1-6,8,17H,7H2,(H,18,19). The summed E-state index contributed by atoms with van der Waals surface area (Å²) in [6.45, 7) is 0.736. The molecular formula is C14H11BrClN3. The normalized spacial score (nSPS) is 10.8. The molecule has 1 aromatic heterocycles. The van der Waals surface area contributed by atoms with Crippen molar-refractivity contribution < 1.29 is 0 Å². The van der Waals surface area contributed by atoms with Crippen LogP contribution < -0.4 is 5.32 Å². The van der Waals surface area contributed by atoms with Gasteiger partial charge in [0.05, 0.1) is 16.7 Å². The van der Waals surface area contributed by atoms with Gasteiger partial charge >= 0.3 is 0 Å². The van der Waals surface area contributed by atoms with Gasteiger partial charge < -0.3 is 5.32 Å². The Morgan fingerprint density at radius 1 is 1.26 bits per heavy atom. The summed E-state index contributed by atoms with van der Waals surface area (Å²) < 4.78 is 0.912. The summed E-state index contributed by atoms with van der Waals surface area (Å²) >= 11 is 9.41. The molecule has 2 N–H and O–H groups in total. The average Bonchev–Trinajstić information content (AvgIpc) is 2.89. The Bertz CT molecular complexity index is 724. The summed E-state index contributed by atoms with van der Waals surface area (Å²) in [5.41, 5.74) is 3.26. The molecule has 0 aliphatic rings. The van der Waals surface area contributed by atoms with Gasteiger partial charge in [-0.15, -0.1) is 0 Å². The van der Waals surface area contributed by atoms with Gasteiger partial charge in [0.25, 0.3) is 0 Å². The fourth-order valence-electron chi connectivity index (χ4n) is 1.97.